The van der Waals surface area contributed by atoms with Crippen molar-refractivity contribution in [2.75, 3.05) is 6.61 Å². The third-order valence-electron chi connectivity index (χ3n) is 2.45. The van der Waals surface area contributed by atoms with Crippen LogP contribution in [0.5, 0.6) is 0 Å². The van der Waals surface area contributed by atoms with Gasteiger partial charge in [-0.15, -0.1) is 0 Å². The van der Waals surface area contributed by atoms with Crippen molar-refractivity contribution >= 4 is 0 Å². The van der Waals surface area contributed by atoms with Crippen molar-refractivity contribution in [2.24, 2.45) is 0 Å². The van der Waals surface area contributed by atoms with Gasteiger partial charge in [0.05, 0.1) is 18.8 Å². The van der Waals surface area contributed by atoms with Gasteiger partial charge in [-0.05, 0) is 6.42 Å². The lowest BCUT2D eigenvalue weighted by atomic mass is 10.0. The fourth-order valence-electron chi connectivity index (χ4n) is 1.85. The molecule has 3 saturated heterocycles. The van der Waals surface area contributed by atoms with E-state index in [9.17, 15) is 0 Å². The smallest absolute Gasteiger partial charge is 0.160 e. The summed E-state index contributed by atoms with van der Waals surface area (Å²) in [5.41, 5.74) is 0. The number of ether oxygens (including phenoxy) is 3. The van der Waals surface area contributed by atoms with Crippen molar-refractivity contribution in [2.45, 2.75) is 37.4 Å². The summed E-state index contributed by atoms with van der Waals surface area (Å²) < 4.78 is 16.3. The highest BCUT2D eigenvalue weighted by Crippen LogP contribution is 2.40. The molecule has 3 fully saturated rings. The van der Waals surface area contributed by atoms with Gasteiger partial charge in [0.2, 0.25) is 0 Å². The van der Waals surface area contributed by atoms with Crippen molar-refractivity contribution in [1.29, 1.82) is 0 Å². The molecule has 3 aliphatic rings. The van der Waals surface area contributed by atoms with E-state index in [1.165, 1.54) is 0 Å². The fourth-order valence-corrected chi connectivity index (χ4v) is 1.85. The van der Waals surface area contributed by atoms with Gasteiger partial charge in [-0.3, -0.25) is 0 Å². The summed E-state index contributed by atoms with van der Waals surface area (Å²) in [5, 5.41) is 0. The van der Waals surface area contributed by atoms with Crippen LogP contribution in [-0.2, 0) is 14.2 Å². The minimum absolute atomic E-state index is 0.0440. The molecule has 0 spiro atoms. The molecular formula is C7H10O3. The van der Waals surface area contributed by atoms with Crippen molar-refractivity contribution < 1.29 is 14.2 Å². The zero-order chi connectivity index (χ0) is 6.55. The van der Waals surface area contributed by atoms with E-state index in [-0.39, 0.29) is 6.29 Å². The van der Waals surface area contributed by atoms with Crippen LogP contribution in [0.2, 0.25) is 0 Å². The highest BCUT2D eigenvalue weighted by Gasteiger charge is 2.53. The number of epoxide rings is 1. The number of hydrogen-bond acceptors (Lipinski definition) is 3. The Balaban J connectivity index is 1.82. The number of rotatable bonds is 0. The van der Waals surface area contributed by atoms with Crippen LogP contribution in [-0.4, -0.2) is 31.2 Å². The third-order valence-corrected chi connectivity index (χ3v) is 2.45. The monoisotopic (exact) mass is 142 g/mol. The van der Waals surface area contributed by atoms with Gasteiger partial charge >= 0.3 is 0 Å². The van der Waals surface area contributed by atoms with Crippen LogP contribution in [0, 0.1) is 0 Å². The van der Waals surface area contributed by atoms with Gasteiger partial charge in [0.15, 0.2) is 6.29 Å². The summed E-state index contributed by atoms with van der Waals surface area (Å²) in [5.74, 6) is 0. The van der Waals surface area contributed by atoms with E-state index >= 15 is 0 Å². The highest BCUT2D eigenvalue weighted by atomic mass is 16.7. The molecule has 3 heterocycles. The summed E-state index contributed by atoms with van der Waals surface area (Å²) in [6.07, 6.45) is 3.22. The first-order chi connectivity index (χ1) is 4.93. The Labute approximate surface area is 59.3 Å². The van der Waals surface area contributed by atoms with E-state index in [2.05, 4.69) is 0 Å². The van der Waals surface area contributed by atoms with Crippen LogP contribution >= 0.6 is 0 Å². The third kappa shape index (κ3) is 0.654. The molecule has 10 heavy (non-hydrogen) atoms. The van der Waals surface area contributed by atoms with E-state index in [4.69, 9.17) is 14.2 Å². The van der Waals surface area contributed by atoms with Gasteiger partial charge < -0.3 is 14.2 Å². The van der Waals surface area contributed by atoms with Gasteiger partial charge in [0.1, 0.15) is 6.10 Å². The molecule has 4 atom stereocenters. The Bertz CT molecular complexity index is 159. The maximum absolute atomic E-state index is 5.53. The predicted octanol–water partition coefficient (Wildman–Crippen LogP) is 0.289. The lowest BCUT2D eigenvalue weighted by Crippen LogP contribution is -2.40. The molecule has 0 aromatic rings. The summed E-state index contributed by atoms with van der Waals surface area (Å²) >= 11 is 0. The van der Waals surface area contributed by atoms with E-state index in [0.29, 0.717) is 18.3 Å². The molecule has 0 aliphatic carbocycles. The minimum atomic E-state index is 0.0440. The molecular weight excluding hydrogens is 132 g/mol. The molecule has 3 aliphatic heterocycles. The molecule has 56 valence electrons. The average Bonchev–Trinajstić information content (AvgIpc) is 2.68. The standard InChI is InChI=1S/C7H10O3/c1-2-8-6-3-5-7(10-5)4(1)9-6/h4-7H,1-3H2/t4-,5-,6-,7-/m1/s1. The summed E-state index contributed by atoms with van der Waals surface area (Å²) in [6.45, 7) is 0.849. The summed E-state index contributed by atoms with van der Waals surface area (Å²) in [4.78, 5) is 0. The largest absolute Gasteiger partial charge is 0.367 e. The molecule has 0 amide bonds. The fraction of sp³-hybridized carbons (Fsp3) is 1.00. The first-order valence-electron chi connectivity index (χ1n) is 3.86. The Hall–Kier alpha value is -0.120. The Kier molecular flexibility index (Phi) is 0.952. The molecule has 0 radical (unpaired) electrons. The maximum atomic E-state index is 5.53. The van der Waals surface area contributed by atoms with Crippen molar-refractivity contribution in [1.82, 2.24) is 0 Å². The molecule has 3 nitrogen and oxygen atoms in total. The van der Waals surface area contributed by atoms with Crippen LogP contribution in [0.15, 0.2) is 0 Å². The maximum Gasteiger partial charge on any atom is 0.160 e. The van der Waals surface area contributed by atoms with Crippen molar-refractivity contribution in [3.8, 4) is 0 Å². The summed E-state index contributed by atoms with van der Waals surface area (Å²) in [7, 11) is 0. The van der Waals surface area contributed by atoms with Gasteiger partial charge in [-0.1, -0.05) is 0 Å². The van der Waals surface area contributed by atoms with Gasteiger partial charge in [0.25, 0.3) is 0 Å². The molecule has 0 N–H and O–H groups in total. The van der Waals surface area contributed by atoms with Crippen LogP contribution in [0.3, 0.4) is 0 Å². The van der Waals surface area contributed by atoms with E-state index in [1.807, 2.05) is 0 Å². The topological polar surface area (TPSA) is 31.0 Å². The second-order valence-electron chi connectivity index (χ2n) is 3.14. The first kappa shape index (κ1) is 5.52. The number of hydrogen-bond donors (Lipinski definition) is 0. The first-order valence-corrected chi connectivity index (χ1v) is 3.86. The normalized spacial score (nSPS) is 57.6. The van der Waals surface area contributed by atoms with Crippen LogP contribution in [0.4, 0.5) is 0 Å². The summed E-state index contributed by atoms with van der Waals surface area (Å²) in [6, 6.07) is 0. The number of fused-ring (bicyclic) bond motifs is 4. The zero-order valence-electron chi connectivity index (χ0n) is 5.66. The second-order valence-corrected chi connectivity index (χ2v) is 3.14. The second kappa shape index (κ2) is 1.72. The quantitative estimate of drug-likeness (QED) is 0.455. The molecule has 0 saturated carbocycles. The van der Waals surface area contributed by atoms with Crippen molar-refractivity contribution in [3.05, 3.63) is 0 Å². The predicted molar refractivity (Wildman–Crippen MR) is 32.5 cm³/mol. The van der Waals surface area contributed by atoms with Crippen LogP contribution in [0.1, 0.15) is 12.8 Å². The molecule has 2 bridgehead atoms. The van der Waals surface area contributed by atoms with E-state index in [0.717, 1.165) is 19.4 Å². The van der Waals surface area contributed by atoms with Gasteiger partial charge in [-0.2, -0.15) is 0 Å². The molecule has 3 heteroatoms. The van der Waals surface area contributed by atoms with E-state index < -0.39 is 0 Å². The Morgan fingerprint density at radius 2 is 2.10 bits per heavy atom. The molecule has 0 aromatic heterocycles. The molecule has 0 unspecified atom stereocenters. The molecule has 0 aromatic carbocycles. The van der Waals surface area contributed by atoms with Crippen molar-refractivity contribution in [3.63, 3.8) is 0 Å². The SMILES string of the molecule is C1C[C@H]2O[C@H](C[C@H]3O[C@H]23)O1. The lowest BCUT2D eigenvalue weighted by Gasteiger charge is -2.32. The Morgan fingerprint density at radius 3 is 3.10 bits per heavy atom. The Morgan fingerprint density at radius 1 is 1.10 bits per heavy atom. The van der Waals surface area contributed by atoms with Gasteiger partial charge in [0, 0.05) is 6.42 Å². The lowest BCUT2D eigenvalue weighted by molar-refractivity contribution is -0.225. The van der Waals surface area contributed by atoms with E-state index in [1.54, 1.807) is 0 Å². The minimum Gasteiger partial charge on any atom is -0.367 e. The zero-order valence-corrected chi connectivity index (χ0v) is 5.66. The van der Waals surface area contributed by atoms with Crippen LogP contribution in [0.25, 0.3) is 0 Å². The van der Waals surface area contributed by atoms with Crippen LogP contribution < -0.4 is 0 Å². The molecule has 3 rings (SSSR count). The van der Waals surface area contributed by atoms with Gasteiger partial charge in [-0.25, -0.2) is 0 Å². The highest BCUT2D eigenvalue weighted by molar-refractivity contribution is 4.97. The average molecular weight is 142 g/mol.